The van der Waals surface area contributed by atoms with E-state index in [0.717, 1.165) is 0 Å². The van der Waals surface area contributed by atoms with Crippen molar-refractivity contribution >= 4 is 93.1 Å². The number of nitrogens with one attached hydrogen (secondary N) is 6. The van der Waals surface area contributed by atoms with Gasteiger partial charge in [0, 0.05) is 160 Å². The number of H-pyrrole nitrogens is 2. The fourth-order valence-corrected chi connectivity index (χ4v) is 12.0. The van der Waals surface area contributed by atoms with Crippen LogP contribution in [0.3, 0.4) is 0 Å². The number of Topliss-reactive ketones (excluding diaryl/α,β-unsaturated/α-hetero) is 6. The number of aliphatic hydroxyl groups is 2. The smallest absolute Gasteiger partial charge is 0.336 e. The number of ketones is 6. The number of nitrogens with two attached hydrogens (primary N) is 1. The van der Waals surface area contributed by atoms with Crippen LogP contribution in [0.15, 0.2) is 88.9 Å². The lowest BCUT2D eigenvalue weighted by molar-refractivity contribution is -0.139. The molecule has 6 rings (SSSR count). The van der Waals surface area contributed by atoms with E-state index in [1.807, 2.05) is 0 Å². The van der Waals surface area contributed by atoms with Crippen LogP contribution >= 0.6 is 0 Å². The number of benzene rings is 3. The first-order valence-electron chi connectivity index (χ1n) is 34.4. The molecule has 5 amide bonds. The van der Waals surface area contributed by atoms with E-state index in [9.17, 15) is 97.5 Å². The highest BCUT2D eigenvalue weighted by Gasteiger charge is 2.35. The van der Waals surface area contributed by atoms with Crippen molar-refractivity contribution in [3.63, 3.8) is 0 Å². The number of aliphatic carboxylic acids is 2. The number of aliphatic hydroxyl groups excluding tert-OH is 2. The minimum atomic E-state index is -1.44. The Balaban J connectivity index is 1.07. The van der Waals surface area contributed by atoms with E-state index in [-0.39, 0.29) is 136 Å². The first-order chi connectivity index (χ1) is 50.4. The number of hydrogen-bond donors (Lipinski definition) is 13. The van der Waals surface area contributed by atoms with Gasteiger partial charge in [-0.05, 0) is 101 Å². The number of carboxylic acids is 3. The van der Waals surface area contributed by atoms with Gasteiger partial charge in [-0.25, -0.2) is 14.8 Å². The molecule has 2 aromatic heterocycles. The van der Waals surface area contributed by atoms with Crippen molar-refractivity contribution in [3.8, 4) is 28.2 Å². The summed E-state index contributed by atoms with van der Waals surface area (Å²) in [4.78, 5) is 208. The maximum atomic E-state index is 13.9. The van der Waals surface area contributed by atoms with E-state index in [1.165, 1.54) is 100 Å². The summed E-state index contributed by atoms with van der Waals surface area (Å²) in [6.07, 6.45) is -0.844. The Labute approximate surface area is 606 Å². The van der Waals surface area contributed by atoms with Crippen molar-refractivity contribution in [2.75, 3.05) is 39.5 Å². The number of aromatic carboxylic acids is 1. The lowest BCUT2D eigenvalue weighted by Crippen LogP contribution is -2.48. The highest BCUT2D eigenvalue weighted by atomic mass is 16.5. The predicted octanol–water partition coefficient (Wildman–Crippen LogP) is 3.14. The molecule has 2 aliphatic rings. The molecular weight excluding hydrogens is 1390 g/mol. The summed E-state index contributed by atoms with van der Waals surface area (Å²) in [6, 6.07) is 9.47. The van der Waals surface area contributed by atoms with Gasteiger partial charge in [0.1, 0.15) is 41.9 Å². The molecule has 3 heterocycles. The van der Waals surface area contributed by atoms with Crippen LogP contribution in [0.5, 0.6) is 5.75 Å². The van der Waals surface area contributed by atoms with Gasteiger partial charge in [0.05, 0.1) is 61.0 Å². The number of imidazole rings is 2. The van der Waals surface area contributed by atoms with Crippen molar-refractivity contribution < 1.29 is 112 Å². The number of fused-ring (bicyclic) bond motifs is 2. The SMILES string of the molecule is CC(=O)C[C@@H](CCC(=O)O)C(=O)N[C@@H](Cc1cnc[nH]1)C(=O)C[C@H](C(=O)CCCOCC(=O)C[C@H](CCCCNC(=O)c1ccc(C(=O)O)c(-c2c3ccc(=O)cc-3oc3cc(O)ccc23)c1)C(=O)NCCOCC(=O)C[C@@H](C(=O)N[C@H](Cc1cnc[nH]1)C(=O)C[C@H](CCC(=O)O)C(N)=O)[C@H](C)O)[C@@H](C)O. The number of carboxylic acid groups (broad SMARTS) is 3. The molecule has 0 saturated heterocycles. The molecular formula is C73H89N9O24. The van der Waals surface area contributed by atoms with Gasteiger partial charge in [-0.15, -0.1) is 0 Å². The molecule has 4 aromatic rings. The number of aromatic amines is 2. The third-order valence-electron chi connectivity index (χ3n) is 17.7. The quantitative estimate of drug-likeness (QED) is 0.0193. The van der Waals surface area contributed by atoms with Crippen molar-refractivity contribution in [1.82, 2.24) is 41.2 Å². The van der Waals surface area contributed by atoms with Crippen LogP contribution < -0.4 is 32.4 Å². The molecule has 33 heteroatoms. The highest BCUT2D eigenvalue weighted by Crippen LogP contribution is 2.42. The molecule has 0 bridgehead atoms. The lowest BCUT2D eigenvalue weighted by atomic mass is 9.87. The van der Waals surface area contributed by atoms with E-state index in [2.05, 4.69) is 41.2 Å². The first kappa shape index (κ1) is 83.9. The topological polar surface area (TPSA) is 541 Å². The molecule has 0 spiro atoms. The van der Waals surface area contributed by atoms with Gasteiger partial charge in [0.15, 0.2) is 28.6 Å². The van der Waals surface area contributed by atoms with Crippen LogP contribution in [0.4, 0.5) is 0 Å². The van der Waals surface area contributed by atoms with Gasteiger partial charge >= 0.3 is 17.9 Å². The molecule has 0 fully saturated rings. The Bertz CT molecular complexity index is 4130. The fraction of sp³-hybridized carbons (Fsp3) is 0.466. The molecule has 0 unspecified atom stereocenters. The monoisotopic (exact) mass is 1480 g/mol. The minimum absolute atomic E-state index is 0.0160. The van der Waals surface area contributed by atoms with Gasteiger partial charge in [-0.1, -0.05) is 6.42 Å². The molecule has 2 aromatic carbocycles. The van der Waals surface area contributed by atoms with Gasteiger partial charge in [-0.3, -0.25) is 62.3 Å². The molecule has 14 N–H and O–H groups in total. The van der Waals surface area contributed by atoms with Crippen LogP contribution in [-0.4, -0.2) is 197 Å². The molecule has 570 valence electrons. The van der Waals surface area contributed by atoms with E-state index >= 15 is 0 Å². The summed E-state index contributed by atoms with van der Waals surface area (Å²) in [7, 11) is 0. The molecule has 0 radical (unpaired) electrons. The zero-order valence-electron chi connectivity index (χ0n) is 58.8. The number of rotatable bonds is 50. The van der Waals surface area contributed by atoms with Crippen LogP contribution in [0, 0.1) is 29.6 Å². The van der Waals surface area contributed by atoms with Crippen molar-refractivity contribution in [2.45, 2.75) is 148 Å². The maximum absolute atomic E-state index is 13.9. The van der Waals surface area contributed by atoms with Gasteiger partial charge in [-0.2, -0.15) is 0 Å². The molecule has 1 aliphatic carbocycles. The first-order valence-corrected chi connectivity index (χ1v) is 34.4. The maximum Gasteiger partial charge on any atom is 0.336 e. The van der Waals surface area contributed by atoms with Crippen LogP contribution in [-0.2, 0) is 79.8 Å². The summed E-state index contributed by atoms with van der Waals surface area (Å²) in [5, 5.41) is 71.4. The standard InChI is InChI=1S/C73H89N9O24/c1-39(83)23-44(11-18-66(95)96)71(100)81-59(28-47-34-76-38-80-47)62(92)32-55(40(2)84)60(90)8-6-21-104-35-50(88)24-43(7-4-5-19-77-70(99)45-9-14-52(73(102)103)57(25-45)67-53-15-12-48(86)30-63(53)106-64-31-49(87)13-16-54(64)67)69(98)78-20-22-105-36-51(89)29-56(41(3)85)72(101)82-58(27-46-33-75-37-79-46)61(91)26-42(68(74)97)10-17-65(93)94/h9,12-16,25,30-31,33-34,37-38,40-44,55-56,58-59,84-86H,4-8,10-11,17-24,26-29,32,35-36H2,1-3H3,(H2,74,97)(H,75,79)(H,76,80)(H,77,99)(H,78,98)(H,81,100)(H,82,101)(H,93,94)(H,95,96)(H,102,103)/t40-,41+,42+,43+,44-,55+,56-,58-,59+/m1/s1. The van der Waals surface area contributed by atoms with E-state index < -0.39 is 181 Å². The van der Waals surface area contributed by atoms with Gasteiger partial charge in [0.2, 0.25) is 23.6 Å². The van der Waals surface area contributed by atoms with E-state index in [4.69, 9.17) is 24.7 Å². The summed E-state index contributed by atoms with van der Waals surface area (Å²) in [6.45, 7) is 2.08. The predicted molar refractivity (Wildman–Crippen MR) is 374 cm³/mol. The Kier molecular flexibility index (Phi) is 32.8. The second-order valence-corrected chi connectivity index (χ2v) is 26.1. The van der Waals surface area contributed by atoms with E-state index in [1.54, 1.807) is 0 Å². The zero-order valence-corrected chi connectivity index (χ0v) is 58.8. The summed E-state index contributed by atoms with van der Waals surface area (Å²) in [5.41, 5.74) is 6.64. The Morgan fingerprint density at radius 1 is 0.585 bits per heavy atom. The Hall–Kier alpha value is -11.0. The number of aromatic hydroxyl groups is 1. The van der Waals surface area contributed by atoms with Crippen LogP contribution in [0.2, 0.25) is 0 Å². The lowest BCUT2D eigenvalue weighted by Gasteiger charge is -2.24. The van der Waals surface area contributed by atoms with Crippen LogP contribution in [0.25, 0.3) is 33.4 Å². The average molecular weight is 1480 g/mol. The summed E-state index contributed by atoms with van der Waals surface area (Å²) < 4.78 is 17.1. The van der Waals surface area contributed by atoms with Gasteiger partial charge in [0.25, 0.3) is 5.91 Å². The largest absolute Gasteiger partial charge is 0.508 e. The number of aromatic nitrogens is 4. The fourth-order valence-electron chi connectivity index (χ4n) is 12.0. The van der Waals surface area contributed by atoms with Crippen molar-refractivity contribution in [2.24, 2.45) is 35.3 Å². The molecule has 106 heavy (non-hydrogen) atoms. The second kappa shape index (κ2) is 41.5. The van der Waals surface area contributed by atoms with Crippen LogP contribution in [0.1, 0.15) is 143 Å². The number of ether oxygens (including phenoxy) is 2. The van der Waals surface area contributed by atoms with E-state index in [0.29, 0.717) is 27.9 Å². The number of phenolic OH excluding ortho intramolecular Hbond substituents is 1. The van der Waals surface area contributed by atoms with Crippen molar-refractivity contribution in [3.05, 3.63) is 112 Å². The molecule has 33 nitrogen and oxygen atoms in total. The zero-order chi connectivity index (χ0) is 77.7. The summed E-state index contributed by atoms with van der Waals surface area (Å²) >= 11 is 0. The third kappa shape index (κ3) is 26.6. The third-order valence-corrected chi connectivity index (χ3v) is 17.7. The number of hydrogen-bond acceptors (Lipinski definition) is 23. The molecule has 1 aliphatic heterocycles. The molecule has 9 atom stereocenters. The minimum Gasteiger partial charge on any atom is -0.508 e. The Morgan fingerprint density at radius 3 is 1.78 bits per heavy atom. The average Bonchev–Trinajstić information content (AvgIpc) is 0.832. The Morgan fingerprint density at radius 2 is 1.19 bits per heavy atom. The molecule has 0 saturated carbocycles. The highest BCUT2D eigenvalue weighted by molar-refractivity contribution is 6.09. The van der Waals surface area contributed by atoms with Crippen molar-refractivity contribution in [1.29, 1.82) is 0 Å². The second-order valence-electron chi connectivity index (χ2n) is 26.1. The number of phenols is 1. The number of carbonyl (C=O) groups is 14. The summed E-state index contributed by atoms with van der Waals surface area (Å²) in [5.74, 6) is -17.0. The number of amides is 5. The normalized spacial score (nSPS) is 13.9. The number of unbranched alkanes of at least 4 members (excludes halogenated alkanes) is 1. The number of nitrogens with zero attached hydrogens (tertiary/aromatic N) is 2. The number of primary amides is 1. The van der Waals surface area contributed by atoms with Gasteiger partial charge < -0.3 is 86.3 Å². The number of carbonyl (C=O) groups excluding carboxylic acids is 11.